The zero-order chi connectivity index (χ0) is 13.8. The summed E-state index contributed by atoms with van der Waals surface area (Å²) < 4.78 is 0. The van der Waals surface area contributed by atoms with Crippen LogP contribution >= 0.6 is 0 Å². The van der Waals surface area contributed by atoms with Gasteiger partial charge >= 0.3 is 5.97 Å². The lowest BCUT2D eigenvalue weighted by Gasteiger charge is -2.35. The number of aliphatic carboxylic acids is 1. The molecule has 0 aromatic carbocycles. The summed E-state index contributed by atoms with van der Waals surface area (Å²) in [6.07, 6.45) is 7.47. The maximum atomic E-state index is 12.2. The number of rotatable bonds is 4. The second-order valence-corrected chi connectivity index (χ2v) is 6.24. The molecule has 2 fully saturated rings. The molecule has 1 N–H and O–H groups in total. The molecule has 4 heteroatoms. The molecule has 1 aliphatic heterocycles. The number of hydrogen-bond acceptors (Lipinski definition) is 2. The SMILES string of the molecule is CC1CN(C(=O)CCC2CCCC2)CCC1C(=O)O. The Bertz CT molecular complexity index is 336. The van der Waals surface area contributed by atoms with Gasteiger partial charge in [-0.1, -0.05) is 32.6 Å². The standard InChI is InChI=1S/C15H25NO3/c1-11-10-16(9-8-13(11)15(18)19)14(17)7-6-12-4-2-3-5-12/h11-13H,2-10H2,1H3,(H,18,19). The van der Waals surface area contributed by atoms with Crippen LogP contribution in [0.5, 0.6) is 0 Å². The number of carboxylic acids is 1. The van der Waals surface area contributed by atoms with Crippen molar-refractivity contribution in [3.8, 4) is 0 Å². The molecule has 108 valence electrons. The van der Waals surface area contributed by atoms with Crippen LogP contribution in [-0.2, 0) is 9.59 Å². The van der Waals surface area contributed by atoms with E-state index in [-0.39, 0.29) is 17.7 Å². The second kappa shape index (κ2) is 6.40. The van der Waals surface area contributed by atoms with Gasteiger partial charge in [0.25, 0.3) is 0 Å². The molecule has 0 bridgehead atoms. The summed E-state index contributed by atoms with van der Waals surface area (Å²) in [5, 5.41) is 9.08. The van der Waals surface area contributed by atoms with Crippen LogP contribution in [0.4, 0.5) is 0 Å². The number of piperidine rings is 1. The molecule has 19 heavy (non-hydrogen) atoms. The molecule has 2 unspecified atom stereocenters. The van der Waals surface area contributed by atoms with Gasteiger partial charge in [0, 0.05) is 19.5 Å². The van der Waals surface area contributed by atoms with E-state index in [1.165, 1.54) is 25.7 Å². The lowest BCUT2D eigenvalue weighted by Crippen LogP contribution is -2.45. The fourth-order valence-corrected chi connectivity index (χ4v) is 3.52. The summed E-state index contributed by atoms with van der Waals surface area (Å²) in [7, 11) is 0. The number of carboxylic acid groups (broad SMARTS) is 1. The Morgan fingerprint density at radius 2 is 1.89 bits per heavy atom. The van der Waals surface area contributed by atoms with E-state index in [1.54, 1.807) is 0 Å². The Balaban J connectivity index is 1.76. The minimum Gasteiger partial charge on any atom is -0.481 e. The molecule has 1 amide bonds. The molecule has 1 saturated heterocycles. The number of amides is 1. The van der Waals surface area contributed by atoms with E-state index in [0.29, 0.717) is 25.9 Å². The van der Waals surface area contributed by atoms with Crippen LogP contribution in [0.1, 0.15) is 51.9 Å². The zero-order valence-electron chi connectivity index (χ0n) is 11.8. The molecule has 0 aromatic heterocycles. The van der Waals surface area contributed by atoms with Crippen LogP contribution in [0.2, 0.25) is 0 Å². The van der Waals surface area contributed by atoms with Gasteiger partial charge in [0.15, 0.2) is 0 Å². The number of nitrogens with zero attached hydrogens (tertiary/aromatic N) is 1. The summed E-state index contributed by atoms with van der Waals surface area (Å²) in [5.74, 6) is 0.0478. The molecule has 1 heterocycles. The van der Waals surface area contributed by atoms with Crippen LogP contribution in [0.25, 0.3) is 0 Å². The van der Waals surface area contributed by atoms with E-state index in [9.17, 15) is 9.59 Å². The van der Waals surface area contributed by atoms with Gasteiger partial charge in [-0.2, -0.15) is 0 Å². The highest BCUT2D eigenvalue weighted by Gasteiger charge is 2.32. The molecule has 2 rings (SSSR count). The maximum Gasteiger partial charge on any atom is 0.306 e. The van der Waals surface area contributed by atoms with Crippen molar-refractivity contribution in [3.05, 3.63) is 0 Å². The number of likely N-dealkylation sites (tertiary alicyclic amines) is 1. The highest BCUT2D eigenvalue weighted by Crippen LogP contribution is 2.29. The normalized spacial score (nSPS) is 28.6. The first-order valence-corrected chi connectivity index (χ1v) is 7.58. The molecule has 1 saturated carbocycles. The monoisotopic (exact) mass is 267 g/mol. The highest BCUT2D eigenvalue weighted by molar-refractivity contribution is 5.77. The van der Waals surface area contributed by atoms with Crippen molar-refractivity contribution < 1.29 is 14.7 Å². The number of carbonyl (C=O) groups excluding carboxylic acids is 1. The molecule has 1 aliphatic carbocycles. The lowest BCUT2D eigenvalue weighted by atomic mass is 9.87. The Kier molecular flexibility index (Phi) is 4.83. The Hall–Kier alpha value is -1.06. The van der Waals surface area contributed by atoms with Gasteiger partial charge in [0.2, 0.25) is 5.91 Å². The highest BCUT2D eigenvalue weighted by atomic mass is 16.4. The van der Waals surface area contributed by atoms with E-state index in [4.69, 9.17) is 5.11 Å². The van der Waals surface area contributed by atoms with Gasteiger partial charge < -0.3 is 10.0 Å². The maximum absolute atomic E-state index is 12.2. The minimum absolute atomic E-state index is 0.0710. The first kappa shape index (κ1) is 14.4. The number of hydrogen-bond donors (Lipinski definition) is 1. The first-order valence-electron chi connectivity index (χ1n) is 7.58. The Morgan fingerprint density at radius 3 is 2.47 bits per heavy atom. The Morgan fingerprint density at radius 1 is 1.21 bits per heavy atom. The average Bonchev–Trinajstić information content (AvgIpc) is 2.88. The predicted molar refractivity (Wildman–Crippen MR) is 72.7 cm³/mol. The quantitative estimate of drug-likeness (QED) is 0.851. The fourth-order valence-electron chi connectivity index (χ4n) is 3.52. The molecule has 4 nitrogen and oxygen atoms in total. The van der Waals surface area contributed by atoms with Crippen molar-refractivity contribution in [2.75, 3.05) is 13.1 Å². The van der Waals surface area contributed by atoms with Crippen LogP contribution in [-0.4, -0.2) is 35.0 Å². The molecule has 2 atom stereocenters. The summed E-state index contributed by atoms with van der Waals surface area (Å²) in [5.41, 5.74) is 0. The van der Waals surface area contributed by atoms with E-state index < -0.39 is 5.97 Å². The smallest absolute Gasteiger partial charge is 0.306 e. The van der Waals surface area contributed by atoms with Gasteiger partial charge in [0.1, 0.15) is 0 Å². The molecular formula is C15H25NO3. The van der Waals surface area contributed by atoms with Crippen molar-refractivity contribution in [1.82, 2.24) is 4.90 Å². The molecule has 0 spiro atoms. The fraction of sp³-hybridized carbons (Fsp3) is 0.867. The van der Waals surface area contributed by atoms with Gasteiger partial charge in [0.05, 0.1) is 5.92 Å². The van der Waals surface area contributed by atoms with E-state index >= 15 is 0 Å². The van der Waals surface area contributed by atoms with Crippen molar-refractivity contribution in [2.24, 2.45) is 17.8 Å². The van der Waals surface area contributed by atoms with Gasteiger partial charge in [-0.15, -0.1) is 0 Å². The van der Waals surface area contributed by atoms with E-state index in [0.717, 1.165) is 12.3 Å². The van der Waals surface area contributed by atoms with E-state index in [1.807, 2.05) is 11.8 Å². The van der Waals surface area contributed by atoms with Gasteiger partial charge in [-0.25, -0.2) is 0 Å². The first-order chi connectivity index (χ1) is 9.08. The molecular weight excluding hydrogens is 242 g/mol. The van der Waals surface area contributed by atoms with Crippen LogP contribution in [0.3, 0.4) is 0 Å². The Labute approximate surface area is 115 Å². The second-order valence-electron chi connectivity index (χ2n) is 6.24. The topological polar surface area (TPSA) is 57.6 Å². The van der Waals surface area contributed by atoms with Crippen LogP contribution in [0, 0.1) is 17.8 Å². The molecule has 0 aromatic rings. The summed E-state index contributed by atoms with van der Waals surface area (Å²) in [6.45, 7) is 3.17. The summed E-state index contributed by atoms with van der Waals surface area (Å²) in [4.78, 5) is 25.1. The van der Waals surface area contributed by atoms with E-state index in [2.05, 4.69) is 0 Å². The predicted octanol–water partition coefficient (Wildman–Crippen LogP) is 2.53. The largest absolute Gasteiger partial charge is 0.481 e. The van der Waals surface area contributed by atoms with Crippen molar-refractivity contribution in [1.29, 1.82) is 0 Å². The molecule has 0 radical (unpaired) electrons. The third-order valence-corrected chi connectivity index (χ3v) is 4.82. The van der Waals surface area contributed by atoms with Crippen LogP contribution < -0.4 is 0 Å². The zero-order valence-corrected chi connectivity index (χ0v) is 11.8. The summed E-state index contributed by atoms with van der Waals surface area (Å²) >= 11 is 0. The average molecular weight is 267 g/mol. The summed E-state index contributed by atoms with van der Waals surface area (Å²) in [6, 6.07) is 0. The van der Waals surface area contributed by atoms with Crippen molar-refractivity contribution in [2.45, 2.75) is 51.9 Å². The number of carbonyl (C=O) groups is 2. The van der Waals surface area contributed by atoms with Crippen LogP contribution in [0.15, 0.2) is 0 Å². The third-order valence-electron chi connectivity index (χ3n) is 4.82. The van der Waals surface area contributed by atoms with Gasteiger partial charge in [-0.05, 0) is 24.7 Å². The van der Waals surface area contributed by atoms with Crippen molar-refractivity contribution in [3.63, 3.8) is 0 Å². The van der Waals surface area contributed by atoms with Gasteiger partial charge in [-0.3, -0.25) is 9.59 Å². The minimum atomic E-state index is -0.717. The lowest BCUT2D eigenvalue weighted by molar-refractivity contribution is -0.148. The van der Waals surface area contributed by atoms with Crippen molar-refractivity contribution >= 4 is 11.9 Å². The molecule has 2 aliphatic rings. The third kappa shape index (κ3) is 3.71.